The van der Waals surface area contributed by atoms with E-state index in [0.717, 1.165) is 32.5 Å². The highest BCUT2D eigenvalue weighted by atomic mass is 19.1. The van der Waals surface area contributed by atoms with Crippen LogP contribution in [0, 0.1) is 11.6 Å². The molecule has 1 aliphatic heterocycles. The maximum absolute atomic E-state index is 13.0. The Morgan fingerprint density at radius 3 is 2.04 bits per heavy atom. The first kappa shape index (κ1) is 16.8. The molecule has 126 valence electrons. The summed E-state index contributed by atoms with van der Waals surface area (Å²) in [5.74, 6) is -0.00443. The van der Waals surface area contributed by atoms with Gasteiger partial charge in [-0.2, -0.15) is 0 Å². The predicted octanol–water partition coefficient (Wildman–Crippen LogP) is 4.42. The molecule has 0 spiro atoms. The molecule has 0 bridgehead atoms. The lowest BCUT2D eigenvalue weighted by Gasteiger charge is -2.32. The monoisotopic (exact) mass is 329 g/mol. The molecule has 0 aromatic heterocycles. The molecule has 24 heavy (non-hydrogen) atoms. The second-order valence-electron chi connectivity index (χ2n) is 6.35. The van der Waals surface area contributed by atoms with Gasteiger partial charge in [0.2, 0.25) is 0 Å². The van der Waals surface area contributed by atoms with Crippen molar-refractivity contribution in [3.05, 3.63) is 71.3 Å². The van der Waals surface area contributed by atoms with E-state index in [4.69, 9.17) is 0 Å². The molecule has 2 aromatic carbocycles. The van der Waals surface area contributed by atoms with Crippen LogP contribution in [0.25, 0.3) is 0 Å². The molecule has 1 fully saturated rings. The van der Waals surface area contributed by atoms with E-state index in [-0.39, 0.29) is 17.4 Å². The summed E-state index contributed by atoms with van der Waals surface area (Å²) >= 11 is 0. The van der Waals surface area contributed by atoms with Crippen molar-refractivity contribution >= 4 is 5.78 Å². The van der Waals surface area contributed by atoms with Crippen LogP contribution in [0.15, 0.2) is 48.5 Å². The second kappa shape index (κ2) is 7.67. The van der Waals surface area contributed by atoms with E-state index in [1.165, 1.54) is 29.8 Å². The van der Waals surface area contributed by atoms with Crippen LogP contribution in [0.5, 0.6) is 0 Å². The van der Waals surface area contributed by atoms with Crippen molar-refractivity contribution in [2.45, 2.75) is 25.2 Å². The van der Waals surface area contributed by atoms with E-state index in [0.29, 0.717) is 17.9 Å². The normalized spacial score (nSPS) is 16.2. The fraction of sp³-hybridized carbons (Fsp3) is 0.350. The molecule has 0 amide bonds. The van der Waals surface area contributed by atoms with Crippen LogP contribution in [0.2, 0.25) is 0 Å². The lowest BCUT2D eigenvalue weighted by Crippen LogP contribution is -2.34. The number of nitrogens with zero attached hydrogens (tertiary/aromatic N) is 1. The van der Waals surface area contributed by atoms with Gasteiger partial charge >= 0.3 is 0 Å². The number of likely N-dealkylation sites (tertiary alicyclic amines) is 1. The van der Waals surface area contributed by atoms with Gasteiger partial charge in [0.05, 0.1) is 0 Å². The zero-order valence-corrected chi connectivity index (χ0v) is 13.6. The number of hydrogen-bond acceptors (Lipinski definition) is 2. The molecule has 0 N–H and O–H groups in total. The van der Waals surface area contributed by atoms with E-state index in [9.17, 15) is 13.6 Å². The Hall–Kier alpha value is -2.07. The van der Waals surface area contributed by atoms with Gasteiger partial charge in [-0.25, -0.2) is 8.78 Å². The van der Waals surface area contributed by atoms with Gasteiger partial charge in [0.25, 0.3) is 0 Å². The number of ketones is 1. The molecular formula is C20H21F2NO. The Morgan fingerprint density at radius 2 is 1.46 bits per heavy atom. The van der Waals surface area contributed by atoms with Crippen molar-refractivity contribution in [3.63, 3.8) is 0 Å². The number of carbonyl (C=O) groups excluding carboxylic acids is 1. The highest BCUT2D eigenvalue weighted by Crippen LogP contribution is 2.28. The average molecular weight is 329 g/mol. The van der Waals surface area contributed by atoms with Crippen LogP contribution in [-0.4, -0.2) is 30.3 Å². The largest absolute Gasteiger partial charge is 0.303 e. The molecule has 1 heterocycles. The van der Waals surface area contributed by atoms with Crippen molar-refractivity contribution in [2.24, 2.45) is 0 Å². The average Bonchev–Trinajstić information content (AvgIpc) is 2.61. The van der Waals surface area contributed by atoms with Crippen LogP contribution < -0.4 is 0 Å². The summed E-state index contributed by atoms with van der Waals surface area (Å²) in [6.45, 7) is 2.61. The van der Waals surface area contributed by atoms with Gasteiger partial charge < -0.3 is 4.90 Å². The third-order valence-corrected chi connectivity index (χ3v) is 4.75. The van der Waals surface area contributed by atoms with E-state index in [1.54, 1.807) is 12.1 Å². The predicted molar refractivity (Wildman–Crippen MR) is 90.2 cm³/mol. The van der Waals surface area contributed by atoms with Gasteiger partial charge in [-0.3, -0.25) is 4.79 Å². The van der Waals surface area contributed by atoms with Crippen molar-refractivity contribution < 1.29 is 13.6 Å². The summed E-state index contributed by atoms with van der Waals surface area (Å²) in [4.78, 5) is 14.4. The third kappa shape index (κ3) is 4.26. The van der Waals surface area contributed by atoms with Gasteiger partial charge in [0.1, 0.15) is 11.6 Å². The summed E-state index contributed by atoms with van der Waals surface area (Å²) < 4.78 is 25.9. The summed E-state index contributed by atoms with van der Waals surface area (Å²) in [7, 11) is 0. The molecule has 4 heteroatoms. The molecule has 0 saturated carbocycles. The van der Waals surface area contributed by atoms with E-state index >= 15 is 0 Å². The minimum atomic E-state index is -0.325. The summed E-state index contributed by atoms with van der Waals surface area (Å²) in [6.07, 6.45) is 2.50. The smallest absolute Gasteiger partial charge is 0.164 e. The van der Waals surface area contributed by atoms with Gasteiger partial charge in [-0.15, -0.1) is 0 Å². The highest BCUT2D eigenvalue weighted by Gasteiger charge is 2.21. The topological polar surface area (TPSA) is 20.3 Å². The second-order valence-corrected chi connectivity index (χ2v) is 6.35. The Balaban J connectivity index is 1.46. The first-order chi connectivity index (χ1) is 11.6. The first-order valence-electron chi connectivity index (χ1n) is 8.38. The number of Topliss-reactive ketones (excluding diaryl/α,β-unsaturated/α-hetero) is 1. The van der Waals surface area contributed by atoms with E-state index < -0.39 is 0 Å². The van der Waals surface area contributed by atoms with Crippen LogP contribution in [0.4, 0.5) is 8.78 Å². The fourth-order valence-corrected chi connectivity index (χ4v) is 3.26. The number of piperidine rings is 1. The number of hydrogen-bond donors (Lipinski definition) is 0. The minimum Gasteiger partial charge on any atom is -0.303 e. The van der Waals surface area contributed by atoms with Crippen molar-refractivity contribution in [1.82, 2.24) is 4.90 Å². The maximum atomic E-state index is 13.0. The zero-order chi connectivity index (χ0) is 16.9. The Labute approximate surface area is 141 Å². The third-order valence-electron chi connectivity index (χ3n) is 4.75. The summed E-state index contributed by atoms with van der Waals surface area (Å²) in [6, 6.07) is 12.5. The van der Waals surface area contributed by atoms with E-state index in [2.05, 4.69) is 4.90 Å². The zero-order valence-electron chi connectivity index (χ0n) is 13.6. The maximum Gasteiger partial charge on any atom is 0.164 e. The van der Waals surface area contributed by atoms with Crippen LogP contribution in [-0.2, 0) is 0 Å². The van der Waals surface area contributed by atoms with Crippen molar-refractivity contribution in [3.8, 4) is 0 Å². The molecule has 2 nitrogen and oxygen atoms in total. The minimum absolute atomic E-state index is 0.0515. The van der Waals surface area contributed by atoms with Gasteiger partial charge in [0.15, 0.2) is 5.78 Å². The van der Waals surface area contributed by atoms with Gasteiger partial charge in [0, 0.05) is 18.5 Å². The molecule has 1 aliphatic rings. The van der Waals surface area contributed by atoms with Crippen molar-refractivity contribution in [1.29, 1.82) is 0 Å². The summed E-state index contributed by atoms with van der Waals surface area (Å²) in [5, 5.41) is 0. The van der Waals surface area contributed by atoms with Crippen LogP contribution in [0.1, 0.15) is 41.1 Å². The lowest BCUT2D eigenvalue weighted by atomic mass is 9.89. The molecule has 3 rings (SSSR count). The molecule has 0 atom stereocenters. The first-order valence-corrected chi connectivity index (χ1v) is 8.38. The van der Waals surface area contributed by atoms with E-state index in [1.807, 2.05) is 12.1 Å². The Kier molecular flexibility index (Phi) is 5.36. The lowest BCUT2D eigenvalue weighted by molar-refractivity contribution is 0.0956. The molecule has 1 saturated heterocycles. The standard InChI is InChI=1S/C20H21F2NO/c21-18-5-1-15(2-6-18)16-9-12-23(13-10-16)14-11-20(24)17-3-7-19(22)8-4-17/h1-8,16H,9-14H2. The van der Waals surface area contributed by atoms with Crippen LogP contribution >= 0.6 is 0 Å². The number of halogens is 2. The number of carbonyl (C=O) groups is 1. The van der Waals surface area contributed by atoms with Crippen LogP contribution in [0.3, 0.4) is 0 Å². The quantitative estimate of drug-likeness (QED) is 0.757. The molecule has 2 aromatic rings. The number of rotatable bonds is 5. The van der Waals surface area contributed by atoms with Gasteiger partial charge in [-0.05, 0) is 73.8 Å². The highest BCUT2D eigenvalue weighted by molar-refractivity contribution is 5.96. The number of benzene rings is 2. The van der Waals surface area contributed by atoms with Gasteiger partial charge in [-0.1, -0.05) is 12.1 Å². The fourth-order valence-electron chi connectivity index (χ4n) is 3.26. The molecule has 0 radical (unpaired) electrons. The SMILES string of the molecule is O=C(CCN1CCC(c2ccc(F)cc2)CC1)c1ccc(F)cc1. The van der Waals surface area contributed by atoms with Crippen molar-refractivity contribution in [2.75, 3.05) is 19.6 Å². The summed E-state index contributed by atoms with van der Waals surface area (Å²) in [5.41, 5.74) is 1.76. The molecular weight excluding hydrogens is 308 g/mol. The molecule has 0 unspecified atom stereocenters. The Morgan fingerprint density at radius 1 is 0.917 bits per heavy atom. The molecule has 0 aliphatic carbocycles. The Bertz CT molecular complexity index is 674.